The van der Waals surface area contributed by atoms with Gasteiger partial charge in [-0.1, -0.05) is 43.7 Å². The maximum absolute atomic E-state index is 12.9. The molecule has 0 spiro atoms. The van der Waals surface area contributed by atoms with Gasteiger partial charge in [-0.2, -0.15) is 4.31 Å². The van der Waals surface area contributed by atoms with Crippen LogP contribution in [0.4, 0.5) is 0 Å². The number of hydrogen-bond donors (Lipinski definition) is 1. The molecule has 2 rings (SSSR count). The Labute approximate surface area is 132 Å². The molecule has 118 valence electrons. The van der Waals surface area contributed by atoms with E-state index in [0.29, 0.717) is 24.2 Å². The largest absolute Gasteiger partial charge is 0.507 e. The molecule has 2 aromatic carbocycles. The monoisotopic (exact) mass is 319 g/mol. The van der Waals surface area contributed by atoms with Crippen molar-refractivity contribution in [2.24, 2.45) is 0 Å². The van der Waals surface area contributed by atoms with Crippen molar-refractivity contribution < 1.29 is 13.5 Å². The third-order valence-corrected chi connectivity index (χ3v) is 5.76. The first-order chi connectivity index (χ1) is 10.4. The Morgan fingerprint density at radius 2 is 1.64 bits per heavy atom. The molecule has 0 unspecified atom stereocenters. The Balaban J connectivity index is 2.72. The molecular formula is C17H21NO3S. The van der Waals surface area contributed by atoms with Crippen molar-refractivity contribution >= 4 is 10.0 Å². The fraction of sp³-hybridized carbons (Fsp3) is 0.294. The highest BCUT2D eigenvalue weighted by Gasteiger charge is 2.25. The quantitative estimate of drug-likeness (QED) is 0.919. The molecule has 0 atom stereocenters. The number of aryl methyl sites for hydroxylation is 1. The van der Waals surface area contributed by atoms with Crippen molar-refractivity contribution in [1.29, 1.82) is 0 Å². The Kier molecular flexibility index (Phi) is 4.88. The number of nitrogens with zero attached hydrogens (tertiary/aromatic N) is 1. The minimum absolute atomic E-state index is 0.0732. The molecule has 5 heteroatoms. The van der Waals surface area contributed by atoms with Crippen LogP contribution in [0.25, 0.3) is 11.1 Å². The first kappa shape index (κ1) is 16.5. The molecule has 0 aliphatic heterocycles. The Bertz CT molecular complexity index is 765. The highest BCUT2D eigenvalue weighted by molar-refractivity contribution is 7.89. The SMILES string of the molecule is CCN(CC)S(=O)(=O)c1ccc(C)cc1-c1ccccc1O. The molecule has 0 saturated heterocycles. The first-order valence-electron chi connectivity index (χ1n) is 7.31. The van der Waals surface area contributed by atoms with Crippen molar-refractivity contribution in [2.45, 2.75) is 25.7 Å². The maximum atomic E-state index is 12.9. The zero-order valence-electron chi connectivity index (χ0n) is 13.1. The van der Waals surface area contributed by atoms with Crippen molar-refractivity contribution in [1.82, 2.24) is 4.31 Å². The van der Waals surface area contributed by atoms with E-state index in [9.17, 15) is 13.5 Å². The second-order valence-electron chi connectivity index (χ2n) is 5.11. The molecule has 2 aromatic rings. The van der Waals surface area contributed by atoms with Crippen LogP contribution >= 0.6 is 0 Å². The van der Waals surface area contributed by atoms with Gasteiger partial charge in [0, 0.05) is 24.2 Å². The summed E-state index contributed by atoms with van der Waals surface area (Å²) >= 11 is 0. The predicted molar refractivity (Wildman–Crippen MR) is 88.4 cm³/mol. The van der Waals surface area contributed by atoms with E-state index in [1.165, 1.54) is 4.31 Å². The molecule has 0 saturated carbocycles. The van der Waals surface area contributed by atoms with Crippen LogP contribution in [0.1, 0.15) is 19.4 Å². The maximum Gasteiger partial charge on any atom is 0.243 e. The summed E-state index contributed by atoms with van der Waals surface area (Å²) in [5.41, 5.74) is 2.00. The number of para-hydroxylation sites is 1. The van der Waals surface area contributed by atoms with Crippen LogP contribution in [0.15, 0.2) is 47.4 Å². The van der Waals surface area contributed by atoms with Crippen LogP contribution < -0.4 is 0 Å². The highest BCUT2D eigenvalue weighted by Crippen LogP contribution is 2.35. The number of rotatable bonds is 5. The molecule has 1 N–H and O–H groups in total. The predicted octanol–water partition coefficient (Wildman–Crippen LogP) is 3.40. The molecule has 0 aromatic heterocycles. The molecule has 0 aliphatic rings. The first-order valence-corrected chi connectivity index (χ1v) is 8.75. The minimum atomic E-state index is -3.59. The number of phenols is 1. The van der Waals surface area contributed by atoms with Gasteiger partial charge in [-0.3, -0.25) is 0 Å². The summed E-state index contributed by atoms with van der Waals surface area (Å²) in [6.45, 7) is 6.35. The molecule has 0 bridgehead atoms. The van der Waals surface area contributed by atoms with Gasteiger partial charge in [0.05, 0.1) is 4.90 Å². The summed E-state index contributed by atoms with van der Waals surface area (Å²) in [5.74, 6) is 0.0732. The topological polar surface area (TPSA) is 57.6 Å². The number of phenolic OH excluding ortho intramolecular Hbond substituents is 1. The fourth-order valence-electron chi connectivity index (χ4n) is 2.48. The van der Waals surface area contributed by atoms with Crippen LogP contribution in [0.5, 0.6) is 5.75 Å². The second kappa shape index (κ2) is 6.50. The Morgan fingerprint density at radius 3 is 2.23 bits per heavy atom. The van der Waals surface area contributed by atoms with Crippen LogP contribution in [0, 0.1) is 6.92 Å². The number of hydrogen-bond acceptors (Lipinski definition) is 3. The van der Waals surface area contributed by atoms with E-state index in [2.05, 4.69) is 0 Å². The van der Waals surface area contributed by atoms with Crippen molar-refractivity contribution in [3.8, 4) is 16.9 Å². The van der Waals surface area contributed by atoms with E-state index >= 15 is 0 Å². The summed E-state index contributed by atoms with van der Waals surface area (Å²) < 4.78 is 27.1. The average molecular weight is 319 g/mol. The minimum Gasteiger partial charge on any atom is -0.507 e. The van der Waals surface area contributed by atoms with Gasteiger partial charge in [0.15, 0.2) is 0 Å². The van der Waals surface area contributed by atoms with E-state index in [1.54, 1.807) is 42.5 Å². The highest BCUT2D eigenvalue weighted by atomic mass is 32.2. The molecule has 4 nitrogen and oxygen atoms in total. The lowest BCUT2D eigenvalue weighted by atomic mass is 10.0. The van der Waals surface area contributed by atoms with E-state index < -0.39 is 10.0 Å². The smallest absolute Gasteiger partial charge is 0.243 e. The molecule has 0 fully saturated rings. The zero-order chi connectivity index (χ0) is 16.3. The second-order valence-corrected chi connectivity index (χ2v) is 7.01. The standard InChI is InChI=1S/C17H21NO3S/c1-4-18(5-2)22(20,21)17-11-10-13(3)12-15(17)14-8-6-7-9-16(14)19/h6-12,19H,4-5H2,1-3H3. The van der Waals surface area contributed by atoms with Crippen molar-refractivity contribution in [3.63, 3.8) is 0 Å². The summed E-state index contributed by atoms with van der Waals surface area (Å²) in [7, 11) is -3.59. The number of sulfonamides is 1. The lowest BCUT2D eigenvalue weighted by Gasteiger charge is -2.21. The van der Waals surface area contributed by atoms with Crippen LogP contribution in [0.2, 0.25) is 0 Å². The van der Waals surface area contributed by atoms with Gasteiger partial charge in [-0.25, -0.2) is 8.42 Å². The molecule has 0 aliphatic carbocycles. The normalized spacial score (nSPS) is 11.8. The summed E-state index contributed by atoms with van der Waals surface area (Å²) in [6, 6.07) is 12.0. The van der Waals surface area contributed by atoms with Crippen LogP contribution in [0.3, 0.4) is 0 Å². The summed E-state index contributed by atoms with van der Waals surface area (Å²) in [6.07, 6.45) is 0. The van der Waals surface area contributed by atoms with E-state index in [4.69, 9.17) is 0 Å². The van der Waals surface area contributed by atoms with Crippen LogP contribution in [-0.4, -0.2) is 30.9 Å². The molecular weight excluding hydrogens is 298 g/mol. The molecule has 0 heterocycles. The van der Waals surface area contributed by atoms with E-state index in [-0.39, 0.29) is 10.6 Å². The lowest BCUT2D eigenvalue weighted by Crippen LogP contribution is -2.31. The third kappa shape index (κ3) is 3.00. The van der Waals surface area contributed by atoms with Crippen molar-refractivity contribution in [2.75, 3.05) is 13.1 Å². The van der Waals surface area contributed by atoms with Crippen molar-refractivity contribution in [3.05, 3.63) is 48.0 Å². The van der Waals surface area contributed by atoms with Gasteiger partial charge in [-0.05, 0) is 25.1 Å². The molecule has 0 amide bonds. The van der Waals surface area contributed by atoms with Gasteiger partial charge in [0.1, 0.15) is 5.75 Å². The zero-order valence-corrected chi connectivity index (χ0v) is 13.9. The number of aromatic hydroxyl groups is 1. The fourth-order valence-corrected chi connectivity index (χ4v) is 4.13. The van der Waals surface area contributed by atoms with E-state index in [0.717, 1.165) is 5.56 Å². The number of benzene rings is 2. The van der Waals surface area contributed by atoms with Crippen LogP contribution in [-0.2, 0) is 10.0 Å². The summed E-state index contributed by atoms with van der Waals surface area (Å²) in [5, 5.41) is 10.1. The van der Waals surface area contributed by atoms with Gasteiger partial charge < -0.3 is 5.11 Å². The summed E-state index contributed by atoms with van der Waals surface area (Å²) in [4.78, 5) is 0.225. The Hall–Kier alpha value is -1.85. The van der Waals surface area contributed by atoms with Gasteiger partial charge in [0.25, 0.3) is 0 Å². The van der Waals surface area contributed by atoms with E-state index in [1.807, 2.05) is 20.8 Å². The molecule has 22 heavy (non-hydrogen) atoms. The lowest BCUT2D eigenvalue weighted by molar-refractivity contribution is 0.445. The van der Waals surface area contributed by atoms with Gasteiger partial charge in [0.2, 0.25) is 10.0 Å². The Morgan fingerprint density at radius 1 is 1.00 bits per heavy atom. The van der Waals surface area contributed by atoms with Gasteiger partial charge in [-0.15, -0.1) is 0 Å². The molecule has 0 radical (unpaired) electrons. The third-order valence-electron chi connectivity index (χ3n) is 3.65. The van der Waals surface area contributed by atoms with Gasteiger partial charge >= 0.3 is 0 Å². The average Bonchev–Trinajstić information content (AvgIpc) is 2.48.